The van der Waals surface area contributed by atoms with Crippen molar-refractivity contribution in [3.05, 3.63) is 11.1 Å². The average molecular weight is 296 g/mol. The lowest BCUT2D eigenvalue weighted by Gasteiger charge is -2.24. The van der Waals surface area contributed by atoms with Crippen molar-refractivity contribution in [1.29, 1.82) is 0 Å². The highest BCUT2D eigenvalue weighted by molar-refractivity contribution is 6.12. The molecule has 5 heteroatoms. The molecule has 0 aromatic heterocycles. The van der Waals surface area contributed by atoms with Crippen LogP contribution in [0.3, 0.4) is 0 Å². The van der Waals surface area contributed by atoms with Crippen LogP contribution in [-0.2, 0) is 23.9 Å². The second kappa shape index (κ2) is 5.62. The summed E-state index contributed by atoms with van der Waals surface area (Å²) in [6.07, 6.45) is -0.0324. The molecule has 0 bridgehead atoms. The molecule has 1 unspecified atom stereocenters. The van der Waals surface area contributed by atoms with E-state index < -0.39 is 29.1 Å². The first-order valence-electron chi connectivity index (χ1n) is 7.02. The molecule has 0 spiro atoms. The number of carbonyl (C=O) groups excluding carboxylic acids is 3. The third kappa shape index (κ3) is 4.69. The van der Waals surface area contributed by atoms with Crippen LogP contribution in [0.2, 0.25) is 0 Å². The number of ketones is 1. The second-order valence-electron chi connectivity index (χ2n) is 7.25. The Bertz CT molecular complexity index is 500. The molecule has 1 aliphatic rings. The number of carbonyl (C=O) groups is 3. The van der Waals surface area contributed by atoms with Crippen molar-refractivity contribution in [2.75, 3.05) is 0 Å². The fourth-order valence-electron chi connectivity index (χ4n) is 2.05. The molecule has 0 amide bonds. The van der Waals surface area contributed by atoms with Crippen molar-refractivity contribution in [1.82, 2.24) is 0 Å². The number of hydrogen-bond acceptors (Lipinski definition) is 5. The van der Waals surface area contributed by atoms with Crippen LogP contribution in [0.4, 0.5) is 0 Å². The van der Waals surface area contributed by atoms with Crippen molar-refractivity contribution in [2.45, 2.75) is 66.1 Å². The topological polar surface area (TPSA) is 69.7 Å². The highest BCUT2D eigenvalue weighted by Crippen LogP contribution is 2.33. The molecule has 0 saturated heterocycles. The summed E-state index contributed by atoms with van der Waals surface area (Å²) in [4.78, 5) is 36.3. The van der Waals surface area contributed by atoms with E-state index in [-0.39, 0.29) is 17.8 Å². The third-order valence-corrected chi connectivity index (χ3v) is 2.87. The fraction of sp³-hybridized carbons (Fsp3) is 0.688. The van der Waals surface area contributed by atoms with E-state index in [1.54, 1.807) is 48.5 Å². The van der Waals surface area contributed by atoms with Gasteiger partial charge in [0.25, 0.3) is 0 Å². The molecule has 0 radical (unpaired) electrons. The van der Waals surface area contributed by atoms with Crippen LogP contribution in [-0.4, -0.2) is 28.9 Å². The Morgan fingerprint density at radius 3 is 1.90 bits per heavy atom. The summed E-state index contributed by atoms with van der Waals surface area (Å²) in [6, 6.07) is 0. The Morgan fingerprint density at radius 1 is 1.00 bits per heavy atom. The summed E-state index contributed by atoms with van der Waals surface area (Å²) in [7, 11) is 0. The van der Waals surface area contributed by atoms with Gasteiger partial charge in [0.15, 0.2) is 5.78 Å². The molecule has 1 rings (SSSR count). The molecule has 0 saturated carbocycles. The van der Waals surface area contributed by atoms with Gasteiger partial charge >= 0.3 is 11.9 Å². The van der Waals surface area contributed by atoms with Crippen LogP contribution in [0.1, 0.15) is 54.9 Å². The second-order valence-corrected chi connectivity index (χ2v) is 7.25. The lowest BCUT2D eigenvalue weighted by Crippen LogP contribution is -2.32. The average Bonchev–Trinajstić information content (AvgIpc) is 2.50. The zero-order valence-corrected chi connectivity index (χ0v) is 13.8. The van der Waals surface area contributed by atoms with E-state index in [4.69, 9.17) is 9.47 Å². The molecule has 1 aliphatic carbocycles. The normalized spacial score (nSPS) is 19.8. The number of esters is 2. The van der Waals surface area contributed by atoms with Gasteiger partial charge in [-0.3, -0.25) is 9.59 Å². The van der Waals surface area contributed by atoms with Gasteiger partial charge < -0.3 is 9.47 Å². The molecule has 21 heavy (non-hydrogen) atoms. The van der Waals surface area contributed by atoms with Gasteiger partial charge in [-0.15, -0.1) is 0 Å². The SMILES string of the molecule is CC1=C(C(=O)OC(C)(C)C)C(C(=O)OC(C)(C)C)CC1=O. The molecule has 5 nitrogen and oxygen atoms in total. The minimum atomic E-state index is -0.869. The molecular formula is C16H24O5. The fourth-order valence-corrected chi connectivity index (χ4v) is 2.05. The molecule has 0 aliphatic heterocycles. The molecule has 118 valence electrons. The first-order chi connectivity index (χ1) is 9.32. The highest BCUT2D eigenvalue weighted by atomic mass is 16.6. The van der Waals surface area contributed by atoms with Gasteiger partial charge in [0.1, 0.15) is 11.2 Å². The number of ether oxygens (including phenoxy) is 2. The van der Waals surface area contributed by atoms with Crippen LogP contribution in [0.15, 0.2) is 11.1 Å². The summed E-state index contributed by atoms with van der Waals surface area (Å²) < 4.78 is 10.6. The van der Waals surface area contributed by atoms with Crippen LogP contribution in [0, 0.1) is 5.92 Å². The Labute approximate surface area is 125 Å². The zero-order chi connectivity index (χ0) is 16.6. The maximum atomic E-state index is 12.3. The van der Waals surface area contributed by atoms with Crippen molar-refractivity contribution < 1.29 is 23.9 Å². The summed E-state index contributed by atoms with van der Waals surface area (Å²) in [6.45, 7) is 12.0. The predicted octanol–water partition coefficient (Wildman–Crippen LogP) is 2.58. The summed E-state index contributed by atoms with van der Waals surface area (Å²) in [5.74, 6) is -2.27. The largest absolute Gasteiger partial charge is 0.459 e. The molecule has 0 aromatic rings. The van der Waals surface area contributed by atoms with E-state index >= 15 is 0 Å². The quantitative estimate of drug-likeness (QED) is 0.732. The number of allylic oxidation sites excluding steroid dienone is 1. The molecular weight excluding hydrogens is 272 g/mol. The number of Topliss-reactive ketones (excluding diaryl/α,β-unsaturated/α-hetero) is 1. The van der Waals surface area contributed by atoms with Crippen molar-refractivity contribution in [3.8, 4) is 0 Å². The maximum Gasteiger partial charge on any atom is 0.335 e. The van der Waals surface area contributed by atoms with Crippen LogP contribution >= 0.6 is 0 Å². The molecule has 0 heterocycles. The van der Waals surface area contributed by atoms with E-state index in [1.807, 2.05) is 0 Å². The Morgan fingerprint density at radius 2 is 1.48 bits per heavy atom. The van der Waals surface area contributed by atoms with Gasteiger partial charge in [0, 0.05) is 12.0 Å². The van der Waals surface area contributed by atoms with Gasteiger partial charge in [-0.05, 0) is 48.5 Å². The molecule has 0 N–H and O–H groups in total. The van der Waals surface area contributed by atoms with Crippen LogP contribution < -0.4 is 0 Å². The third-order valence-electron chi connectivity index (χ3n) is 2.87. The van der Waals surface area contributed by atoms with E-state index in [0.29, 0.717) is 5.57 Å². The van der Waals surface area contributed by atoms with E-state index in [0.717, 1.165) is 0 Å². The summed E-state index contributed by atoms with van der Waals surface area (Å²) >= 11 is 0. The lowest BCUT2D eigenvalue weighted by molar-refractivity contribution is -0.162. The van der Waals surface area contributed by atoms with Gasteiger partial charge in [0.05, 0.1) is 11.5 Å². The van der Waals surface area contributed by atoms with Crippen molar-refractivity contribution >= 4 is 17.7 Å². The Kier molecular flexibility index (Phi) is 4.66. The maximum absolute atomic E-state index is 12.3. The van der Waals surface area contributed by atoms with E-state index in [2.05, 4.69) is 0 Å². The van der Waals surface area contributed by atoms with E-state index in [1.165, 1.54) is 0 Å². The molecule has 0 aromatic carbocycles. The first kappa shape index (κ1) is 17.4. The standard InChI is InChI=1S/C16H24O5/c1-9-11(17)8-10(13(18)20-15(2,3)4)12(9)14(19)21-16(5,6)7/h10H,8H2,1-7H3. The summed E-state index contributed by atoms with van der Waals surface area (Å²) in [5, 5.41) is 0. The van der Waals surface area contributed by atoms with Gasteiger partial charge in [0.2, 0.25) is 0 Å². The Hall–Kier alpha value is -1.65. The van der Waals surface area contributed by atoms with E-state index in [9.17, 15) is 14.4 Å². The minimum Gasteiger partial charge on any atom is -0.459 e. The zero-order valence-electron chi connectivity index (χ0n) is 13.8. The minimum absolute atomic E-state index is 0.0324. The van der Waals surface area contributed by atoms with Crippen LogP contribution in [0.5, 0.6) is 0 Å². The number of hydrogen-bond donors (Lipinski definition) is 0. The lowest BCUT2D eigenvalue weighted by atomic mass is 10.00. The van der Waals surface area contributed by atoms with Crippen molar-refractivity contribution in [2.24, 2.45) is 5.92 Å². The number of rotatable bonds is 2. The monoisotopic (exact) mass is 296 g/mol. The molecule has 0 fully saturated rings. The summed E-state index contributed by atoms with van der Waals surface area (Å²) in [5.41, 5.74) is -0.936. The predicted molar refractivity (Wildman–Crippen MR) is 77.5 cm³/mol. The van der Waals surface area contributed by atoms with Gasteiger partial charge in [-0.1, -0.05) is 0 Å². The Balaban J connectivity index is 3.04. The highest BCUT2D eigenvalue weighted by Gasteiger charge is 2.42. The van der Waals surface area contributed by atoms with Gasteiger partial charge in [-0.25, -0.2) is 4.79 Å². The first-order valence-corrected chi connectivity index (χ1v) is 7.02. The smallest absolute Gasteiger partial charge is 0.335 e. The van der Waals surface area contributed by atoms with Gasteiger partial charge in [-0.2, -0.15) is 0 Å². The van der Waals surface area contributed by atoms with Crippen molar-refractivity contribution in [3.63, 3.8) is 0 Å². The molecule has 1 atom stereocenters. The van der Waals surface area contributed by atoms with Crippen LogP contribution in [0.25, 0.3) is 0 Å².